The molecule has 0 rings (SSSR count). The molecule has 4 nitrogen and oxygen atoms in total. The number of hydrogen-bond acceptors (Lipinski definition) is 3. The maximum Gasteiger partial charge on any atom is 0.329 e. The molecule has 3 N–H and O–H groups in total. The van der Waals surface area contributed by atoms with Crippen LogP contribution in [0.15, 0.2) is 12.3 Å². The lowest BCUT2D eigenvalue weighted by molar-refractivity contribution is -0.131. The second kappa shape index (κ2) is 5.60. The van der Waals surface area contributed by atoms with E-state index < -0.39 is 5.97 Å². The monoisotopic (exact) mass is 173 g/mol. The van der Waals surface area contributed by atoms with E-state index in [9.17, 15) is 4.79 Å². The summed E-state index contributed by atoms with van der Waals surface area (Å²) in [4.78, 5) is 10.0. The molecule has 0 bridgehead atoms. The Kier molecular flexibility index (Phi) is 5.12. The Morgan fingerprint density at radius 3 is 2.58 bits per heavy atom. The summed E-state index contributed by atoms with van der Waals surface area (Å²) in [5, 5.41) is 20.0. The highest BCUT2D eigenvalue weighted by atomic mass is 16.4. The van der Waals surface area contributed by atoms with Crippen LogP contribution < -0.4 is 5.32 Å². The first-order chi connectivity index (χ1) is 5.52. The van der Waals surface area contributed by atoms with E-state index in [-0.39, 0.29) is 12.1 Å². The molecular weight excluding hydrogens is 158 g/mol. The first-order valence-electron chi connectivity index (χ1n) is 3.86. The fraction of sp³-hybridized carbons (Fsp3) is 0.625. The van der Waals surface area contributed by atoms with Crippen LogP contribution in [0.5, 0.6) is 0 Å². The van der Waals surface area contributed by atoms with Crippen molar-refractivity contribution in [3.05, 3.63) is 12.3 Å². The maximum atomic E-state index is 10.0. The SMILES string of the molecule is CC(O)CC(C)N/C=C/C(=O)O. The Morgan fingerprint density at radius 2 is 2.17 bits per heavy atom. The summed E-state index contributed by atoms with van der Waals surface area (Å²) < 4.78 is 0. The van der Waals surface area contributed by atoms with Crippen LogP contribution in [0.1, 0.15) is 20.3 Å². The third-order valence-electron chi connectivity index (χ3n) is 1.30. The number of aliphatic carboxylic acids is 1. The van der Waals surface area contributed by atoms with E-state index in [4.69, 9.17) is 10.2 Å². The zero-order valence-electron chi connectivity index (χ0n) is 7.32. The van der Waals surface area contributed by atoms with Gasteiger partial charge in [0.15, 0.2) is 0 Å². The standard InChI is InChI=1S/C8H15NO3/c1-6(5-7(2)10)9-4-3-8(11)12/h3-4,6-7,9-10H,5H2,1-2H3,(H,11,12)/b4-3+. The number of aliphatic hydroxyl groups is 1. The lowest BCUT2D eigenvalue weighted by atomic mass is 10.2. The molecule has 12 heavy (non-hydrogen) atoms. The van der Waals surface area contributed by atoms with Crippen LogP contribution in [0, 0.1) is 0 Å². The highest BCUT2D eigenvalue weighted by Crippen LogP contribution is 1.95. The smallest absolute Gasteiger partial charge is 0.329 e. The molecule has 2 unspecified atom stereocenters. The Labute approximate surface area is 71.9 Å². The fourth-order valence-corrected chi connectivity index (χ4v) is 0.863. The first kappa shape index (κ1) is 11.0. The summed E-state index contributed by atoms with van der Waals surface area (Å²) in [6, 6.07) is 0.0839. The van der Waals surface area contributed by atoms with Crippen molar-refractivity contribution in [1.82, 2.24) is 5.32 Å². The summed E-state index contributed by atoms with van der Waals surface area (Å²) in [5.41, 5.74) is 0. The number of hydrogen-bond donors (Lipinski definition) is 3. The summed E-state index contributed by atoms with van der Waals surface area (Å²) in [5.74, 6) is -0.980. The molecule has 2 atom stereocenters. The molecule has 0 aliphatic rings. The van der Waals surface area contributed by atoms with E-state index in [0.717, 1.165) is 6.08 Å². The lowest BCUT2D eigenvalue weighted by Gasteiger charge is -2.12. The van der Waals surface area contributed by atoms with Gasteiger partial charge in [-0.05, 0) is 20.3 Å². The van der Waals surface area contributed by atoms with Crippen LogP contribution in [0.4, 0.5) is 0 Å². The van der Waals surface area contributed by atoms with Gasteiger partial charge in [-0.2, -0.15) is 0 Å². The summed E-state index contributed by atoms with van der Waals surface area (Å²) in [7, 11) is 0. The van der Waals surface area contributed by atoms with E-state index in [0.29, 0.717) is 6.42 Å². The summed E-state index contributed by atoms with van der Waals surface area (Å²) in [6.45, 7) is 3.57. The minimum Gasteiger partial charge on any atom is -0.478 e. The van der Waals surface area contributed by atoms with Crippen LogP contribution in [-0.2, 0) is 4.79 Å². The molecule has 4 heteroatoms. The predicted molar refractivity (Wildman–Crippen MR) is 45.7 cm³/mol. The fourth-order valence-electron chi connectivity index (χ4n) is 0.863. The third-order valence-corrected chi connectivity index (χ3v) is 1.30. The topological polar surface area (TPSA) is 69.6 Å². The molecule has 0 spiro atoms. The highest BCUT2D eigenvalue weighted by Gasteiger charge is 2.02. The molecule has 0 aromatic rings. The molecule has 0 aromatic carbocycles. The van der Waals surface area contributed by atoms with Gasteiger partial charge >= 0.3 is 5.97 Å². The van der Waals surface area contributed by atoms with Crippen molar-refractivity contribution in [2.45, 2.75) is 32.4 Å². The lowest BCUT2D eigenvalue weighted by Crippen LogP contribution is -2.24. The zero-order valence-corrected chi connectivity index (χ0v) is 7.32. The molecule has 0 saturated carbocycles. The normalized spacial score (nSPS) is 15.9. The van der Waals surface area contributed by atoms with Crippen molar-refractivity contribution in [3.8, 4) is 0 Å². The van der Waals surface area contributed by atoms with E-state index in [1.165, 1.54) is 6.20 Å². The minimum atomic E-state index is -0.980. The highest BCUT2D eigenvalue weighted by molar-refractivity contribution is 5.79. The molecule has 0 aromatic heterocycles. The maximum absolute atomic E-state index is 10.0. The third kappa shape index (κ3) is 7.08. The van der Waals surface area contributed by atoms with Gasteiger partial charge in [-0.15, -0.1) is 0 Å². The van der Waals surface area contributed by atoms with Gasteiger partial charge in [-0.25, -0.2) is 4.79 Å². The van der Waals surface area contributed by atoms with Crippen LogP contribution in [0.25, 0.3) is 0 Å². The van der Waals surface area contributed by atoms with Crippen LogP contribution in [-0.4, -0.2) is 28.3 Å². The minimum absolute atomic E-state index is 0.0839. The molecule has 0 saturated heterocycles. The number of aliphatic hydroxyl groups excluding tert-OH is 1. The Balaban J connectivity index is 3.56. The van der Waals surface area contributed by atoms with E-state index >= 15 is 0 Å². The van der Waals surface area contributed by atoms with Gasteiger partial charge in [0.05, 0.1) is 6.10 Å². The largest absolute Gasteiger partial charge is 0.478 e. The molecule has 0 heterocycles. The van der Waals surface area contributed by atoms with Crippen molar-refractivity contribution in [2.24, 2.45) is 0 Å². The van der Waals surface area contributed by atoms with Gasteiger partial charge in [0.2, 0.25) is 0 Å². The number of carboxylic acids is 1. The zero-order chi connectivity index (χ0) is 9.56. The van der Waals surface area contributed by atoms with E-state index in [1.54, 1.807) is 6.92 Å². The van der Waals surface area contributed by atoms with Crippen molar-refractivity contribution >= 4 is 5.97 Å². The Bertz CT molecular complexity index is 166. The molecule has 0 aliphatic carbocycles. The van der Waals surface area contributed by atoms with Gasteiger partial charge in [-0.1, -0.05) is 0 Å². The van der Waals surface area contributed by atoms with Gasteiger partial charge in [-0.3, -0.25) is 0 Å². The van der Waals surface area contributed by atoms with Crippen molar-refractivity contribution in [3.63, 3.8) is 0 Å². The molecular formula is C8H15NO3. The predicted octanol–water partition coefficient (Wildman–Crippen LogP) is 0.334. The number of carbonyl (C=O) groups is 1. The second-order valence-electron chi connectivity index (χ2n) is 2.82. The average Bonchev–Trinajstić information content (AvgIpc) is 1.84. The van der Waals surface area contributed by atoms with E-state index in [2.05, 4.69) is 5.32 Å². The van der Waals surface area contributed by atoms with Gasteiger partial charge in [0.1, 0.15) is 0 Å². The molecule has 70 valence electrons. The van der Waals surface area contributed by atoms with Gasteiger partial charge < -0.3 is 15.5 Å². The van der Waals surface area contributed by atoms with Gasteiger partial charge in [0, 0.05) is 18.3 Å². The number of nitrogens with one attached hydrogen (secondary N) is 1. The number of carboxylic acid groups (broad SMARTS) is 1. The Morgan fingerprint density at radius 1 is 1.58 bits per heavy atom. The number of rotatable bonds is 5. The Hall–Kier alpha value is -1.03. The van der Waals surface area contributed by atoms with Crippen molar-refractivity contribution in [1.29, 1.82) is 0 Å². The summed E-state index contributed by atoms with van der Waals surface area (Å²) in [6.07, 6.45) is 2.63. The quantitative estimate of drug-likeness (QED) is 0.524. The molecule has 0 fully saturated rings. The van der Waals surface area contributed by atoms with Crippen LogP contribution >= 0.6 is 0 Å². The molecule has 0 amide bonds. The average molecular weight is 173 g/mol. The van der Waals surface area contributed by atoms with Gasteiger partial charge in [0.25, 0.3) is 0 Å². The van der Waals surface area contributed by atoms with Crippen LogP contribution in [0.2, 0.25) is 0 Å². The molecule has 0 radical (unpaired) electrons. The van der Waals surface area contributed by atoms with Crippen LogP contribution in [0.3, 0.4) is 0 Å². The molecule has 0 aliphatic heterocycles. The van der Waals surface area contributed by atoms with E-state index in [1.807, 2.05) is 6.92 Å². The van der Waals surface area contributed by atoms with Crippen molar-refractivity contribution < 1.29 is 15.0 Å². The first-order valence-corrected chi connectivity index (χ1v) is 3.86. The second-order valence-corrected chi connectivity index (χ2v) is 2.82. The van der Waals surface area contributed by atoms with Crippen molar-refractivity contribution in [2.75, 3.05) is 0 Å². The summed E-state index contributed by atoms with van der Waals surface area (Å²) >= 11 is 0.